The van der Waals surface area contributed by atoms with E-state index in [1.165, 1.54) is 4.68 Å². The molecule has 0 spiro atoms. The van der Waals surface area contributed by atoms with Crippen molar-refractivity contribution in [2.24, 2.45) is 7.05 Å². The van der Waals surface area contributed by atoms with Crippen molar-refractivity contribution in [1.29, 1.82) is 0 Å². The van der Waals surface area contributed by atoms with Gasteiger partial charge in [-0.2, -0.15) is 9.78 Å². The van der Waals surface area contributed by atoms with Gasteiger partial charge in [-0.25, -0.2) is 14.5 Å². The topological polar surface area (TPSA) is 135 Å². The lowest BCUT2D eigenvalue weighted by Crippen LogP contribution is -2.03. The Morgan fingerprint density at radius 2 is 2.10 bits per heavy atom. The summed E-state index contributed by atoms with van der Waals surface area (Å²) < 4.78 is 10.5. The van der Waals surface area contributed by atoms with E-state index < -0.39 is 4.92 Å². The standard InChI is InChI=1S/C16H12ClN9O3/c1-8-12(17)16(26(27)28)22-24(8)6-9-3-4-11(29-9)13-20-15-10-5-19-23(2)14(10)18-7-25(15)21-13/h3-5,7H,6H2,1-2H3. The molecule has 146 valence electrons. The van der Waals surface area contributed by atoms with Gasteiger partial charge in [0.05, 0.1) is 22.4 Å². The van der Waals surface area contributed by atoms with Gasteiger partial charge in [-0.3, -0.25) is 4.68 Å². The number of nitrogens with zero attached hydrogens (tertiary/aromatic N) is 9. The maximum absolute atomic E-state index is 11.0. The highest BCUT2D eigenvalue weighted by atomic mass is 35.5. The molecule has 5 aromatic rings. The Kier molecular flexibility index (Phi) is 3.64. The lowest BCUT2D eigenvalue weighted by atomic mass is 10.4. The van der Waals surface area contributed by atoms with Crippen LogP contribution in [0, 0.1) is 17.0 Å². The van der Waals surface area contributed by atoms with Gasteiger partial charge in [0, 0.05) is 7.05 Å². The van der Waals surface area contributed by atoms with Gasteiger partial charge in [0.2, 0.25) is 5.82 Å². The fraction of sp³-hybridized carbons (Fsp3) is 0.188. The van der Waals surface area contributed by atoms with E-state index in [0.29, 0.717) is 34.3 Å². The molecule has 0 fully saturated rings. The van der Waals surface area contributed by atoms with Crippen LogP contribution < -0.4 is 0 Å². The van der Waals surface area contributed by atoms with Gasteiger partial charge in [0.25, 0.3) is 0 Å². The van der Waals surface area contributed by atoms with E-state index in [1.807, 2.05) is 0 Å². The second kappa shape index (κ2) is 6.10. The van der Waals surface area contributed by atoms with Crippen LogP contribution in [0.3, 0.4) is 0 Å². The van der Waals surface area contributed by atoms with Crippen molar-refractivity contribution in [2.75, 3.05) is 0 Å². The largest absolute Gasteiger partial charge is 0.456 e. The smallest absolute Gasteiger partial charge is 0.408 e. The summed E-state index contributed by atoms with van der Waals surface area (Å²) in [6.07, 6.45) is 3.24. The van der Waals surface area contributed by atoms with Gasteiger partial charge in [0.1, 0.15) is 18.6 Å². The normalized spacial score (nSPS) is 11.7. The molecule has 0 unspecified atom stereocenters. The number of aryl methyl sites for hydroxylation is 1. The van der Waals surface area contributed by atoms with Gasteiger partial charge < -0.3 is 14.5 Å². The van der Waals surface area contributed by atoms with Crippen molar-refractivity contribution in [3.63, 3.8) is 0 Å². The van der Waals surface area contributed by atoms with Crippen LogP contribution in [0.15, 0.2) is 29.1 Å². The highest BCUT2D eigenvalue weighted by molar-refractivity contribution is 6.33. The summed E-state index contributed by atoms with van der Waals surface area (Å²) in [5.41, 5.74) is 1.79. The molecule has 0 amide bonds. The first-order chi connectivity index (χ1) is 13.9. The van der Waals surface area contributed by atoms with Gasteiger partial charge in [-0.1, -0.05) is 11.6 Å². The minimum absolute atomic E-state index is 0.0109. The van der Waals surface area contributed by atoms with E-state index in [2.05, 4.69) is 25.3 Å². The minimum atomic E-state index is -0.618. The molecule has 5 aromatic heterocycles. The van der Waals surface area contributed by atoms with Crippen molar-refractivity contribution >= 4 is 34.1 Å². The molecule has 0 aliphatic rings. The maximum Gasteiger partial charge on any atom is 0.408 e. The van der Waals surface area contributed by atoms with Crippen LogP contribution in [-0.4, -0.2) is 44.1 Å². The average Bonchev–Trinajstić information content (AvgIpc) is 3.44. The molecule has 0 aromatic carbocycles. The van der Waals surface area contributed by atoms with Gasteiger partial charge in [0.15, 0.2) is 22.1 Å². The Balaban J connectivity index is 1.49. The third-order valence-corrected chi connectivity index (χ3v) is 4.99. The van der Waals surface area contributed by atoms with Crippen molar-refractivity contribution in [3.05, 3.63) is 51.2 Å². The number of furan rings is 1. The van der Waals surface area contributed by atoms with Crippen LogP contribution in [0.25, 0.3) is 28.3 Å². The summed E-state index contributed by atoms with van der Waals surface area (Å²) in [5.74, 6) is 0.980. The number of aromatic nitrogens is 8. The number of halogens is 1. The molecule has 0 saturated carbocycles. The van der Waals surface area contributed by atoms with Crippen molar-refractivity contribution in [2.45, 2.75) is 13.5 Å². The lowest BCUT2D eigenvalue weighted by molar-refractivity contribution is -0.389. The molecule has 0 N–H and O–H groups in total. The number of hydrogen-bond acceptors (Lipinski definition) is 8. The monoisotopic (exact) mass is 413 g/mol. The van der Waals surface area contributed by atoms with Crippen molar-refractivity contribution < 1.29 is 9.34 Å². The molecular weight excluding hydrogens is 402 g/mol. The van der Waals surface area contributed by atoms with Crippen molar-refractivity contribution in [1.82, 2.24) is 39.1 Å². The first-order valence-electron chi connectivity index (χ1n) is 8.42. The second-order valence-corrected chi connectivity index (χ2v) is 6.74. The van der Waals surface area contributed by atoms with Crippen LogP contribution in [-0.2, 0) is 13.6 Å². The number of rotatable bonds is 4. The van der Waals surface area contributed by atoms with Crippen LogP contribution in [0.2, 0.25) is 5.02 Å². The molecule has 0 atom stereocenters. The highest BCUT2D eigenvalue weighted by Crippen LogP contribution is 2.28. The predicted molar refractivity (Wildman–Crippen MR) is 100 cm³/mol. The summed E-state index contributed by atoms with van der Waals surface area (Å²) in [5, 5.41) is 24.3. The summed E-state index contributed by atoms with van der Waals surface area (Å²) in [7, 11) is 1.80. The van der Waals surface area contributed by atoms with E-state index in [0.717, 1.165) is 5.39 Å². The zero-order valence-corrected chi connectivity index (χ0v) is 15.9. The molecule has 0 bridgehead atoms. The molecular formula is C16H12ClN9O3. The third kappa shape index (κ3) is 2.64. The van der Waals surface area contributed by atoms with E-state index in [4.69, 9.17) is 16.0 Å². The first-order valence-corrected chi connectivity index (χ1v) is 8.79. The quantitative estimate of drug-likeness (QED) is 0.323. The molecule has 0 saturated heterocycles. The molecule has 29 heavy (non-hydrogen) atoms. The molecule has 5 heterocycles. The second-order valence-electron chi connectivity index (χ2n) is 6.36. The Labute approximate surface area is 166 Å². The molecule has 0 aliphatic heterocycles. The zero-order valence-electron chi connectivity index (χ0n) is 15.1. The predicted octanol–water partition coefficient (Wildman–Crippen LogP) is 2.39. The fourth-order valence-electron chi connectivity index (χ4n) is 3.05. The average molecular weight is 414 g/mol. The molecule has 0 radical (unpaired) electrons. The zero-order chi connectivity index (χ0) is 20.3. The number of hydrogen-bond donors (Lipinski definition) is 0. The van der Waals surface area contributed by atoms with E-state index in [-0.39, 0.29) is 17.4 Å². The molecule has 0 aliphatic carbocycles. The van der Waals surface area contributed by atoms with Gasteiger partial charge in [-0.15, -0.1) is 5.10 Å². The Morgan fingerprint density at radius 1 is 1.28 bits per heavy atom. The Hall–Kier alpha value is -3.80. The Morgan fingerprint density at radius 3 is 2.86 bits per heavy atom. The molecule has 13 heteroatoms. The van der Waals surface area contributed by atoms with Crippen LogP contribution in [0.4, 0.5) is 5.82 Å². The summed E-state index contributed by atoms with van der Waals surface area (Å²) in [4.78, 5) is 19.2. The van der Waals surface area contributed by atoms with E-state index in [9.17, 15) is 10.1 Å². The van der Waals surface area contributed by atoms with Crippen molar-refractivity contribution in [3.8, 4) is 11.6 Å². The first kappa shape index (κ1) is 17.3. The van der Waals surface area contributed by atoms with Gasteiger partial charge in [-0.05, 0) is 24.0 Å². The third-order valence-electron chi connectivity index (χ3n) is 4.55. The minimum Gasteiger partial charge on any atom is -0.456 e. The summed E-state index contributed by atoms with van der Waals surface area (Å²) in [6, 6.07) is 3.46. The number of nitro groups is 1. The van der Waals surface area contributed by atoms with E-state index >= 15 is 0 Å². The summed E-state index contributed by atoms with van der Waals surface area (Å²) >= 11 is 5.98. The van der Waals surface area contributed by atoms with E-state index in [1.54, 1.807) is 47.8 Å². The maximum atomic E-state index is 11.0. The fourth-order valence-corrected chi connectivity index (χ4v) is 3.26. The lowest BCUT2D eigenvalue weighted by Gasteiger charge is -1.96. The highest BCUT2D eigenvalue weighted by Gasteiger charge is 2.24. The number of fused-ring (bicyclic) bond motifs is 3. The molecule has 12 nitrogen and oxygen atoms in total. The Bertz CT molecular complexity index is 1410. The van der Waals surface area contributed by atoms with Crippen LogP contribution in [0.1, 0.15) is 11.5 Å². The van der Waals surface area contributed by atoms with Crippen LogP contribution >= 0.6 is 11.6 Å². The van der Waals surface area contributed by atoms with Crippen LogP contribution in [0.5, 0.6) is 0 Å². The molecule has 5 rings (SSSR count). The summed E-state index contributed by atoms with van der Waals surface area (Å²) in [6.45, 7) is 1.84. The van der Waals surface area contributed by atoms with Gasteiger partial charge >= 0.3 is 5.82 Å². The SMILES string of the molecule is Cc1c(Cl)c([N+](=O)[O-])nn1Cc1ccc(-c2nc3c4cnn(C)c4ncn3n2)o1.